The first kappa shape index (κ1) is 24.2. The predicted octanol–water partition coefficient (Wildman–Crippen LogP) is 11.0. The van der Waals surface area contributed by atoms with E-state index in [-0.39, 0.29) is 6.10 Å². The molecule has 0 saturated heterocycles. The summed E-state index contributed by atoms with van der Waals surface area (Å²) < 4.78 is 6.67. The fourth-order valence-corrected chi connectivity index (χ4v) is 7.29. The molecule has 2 aliphatic rings. The van der Waals surface area contributed by atoms with Gasteiger partial charge in [-0.1, -0.05) is 133 Å². The Labute approximate surface area is 251 Å². The van der Waals surface area contributed by atoms with Gasteiger partial charge in [0.25, 0.3) is 0 Å². The van der Waals surface area contributed by atoms with Crippen LogP contribution in [0.1, 0.15) is 23.1 Å². The minimum absolute atomic E-state index is 0.0229. The van der Waals surface area contributed by atoms with Crippen LogP contribution >= 0.6 is 0 Å². The second-order valence-corrected chi connectivity index (χ2v) is 11.6. The summed E-state index contributed by atoms with van der Waals surface area (Å²) in [6.07, 6.45) is 3.27. The van der Waals surface area contributed by atoms with Crippen molar-refractivity contribution in [3.8, 4) is 16.9 Å². The van der Waals surface area contributed by atoms with Crippen LogP contribution in [0.4, 0.5) is 0 Å². The van der Waals surface area contributed by atoms with Gasteiger partial charge >= 0.3 is 0 Å². The maximum atomic E-state index is 6.67. The average Bonchev–Trinajstić information content (AvgIpc) is 3.46. The van der Waals surface area contributed by atoms with Gasteiger partial charge in [0.05, 0.1) is 0 Å². The van der Waals surface area contributed by atoms with Gasteiger partial charge in [0.2, 0.25) is 0 Å². The Balaban J connectivity index is 1.40. The lowest BCUT2D eigenvalue weighted by molar-refractivity contribution is 0.282. The fourth-order valence-electron chi connectivity index (χ4n) is 7.29. The Morgan fingerprint density at radius 1 is 0.488 bits per heavy atom. The maximum Gasteiger partial charge on any atom is 0.129 e. The highest BCUT2D eigenvalue weighted by Crippen LogP contribution is 2.52. The molecule has 1 unspecified atom stereocenters. The van der Waals surface area contributed by atoms with Crippen molar-refractivity contribution < 1.29 is 4.74 Å². The van der Waals surface area contributed by atoms with Crippen molar-refractivity contribution in [1.29, 1.82) is 0 Å². The minimum Gasteiger partial charge on any atom is -0.485 e. The topological polar surface area (TPSA) is 9.23 Å². The molecule has 0 amide bonds. The van der Waals surface area contributed by atoms with Crippen LogP contribution in [-0.2, 0) is 0 Å². The molecule has 202 valence electrons. The number of para-hydroxylation sites is 1. The molecule has 0 bridgehead atoms. The zero-order chi connectivity index (χ0) is 28.3. The molecule has 1 nitrogen and oxygen atoms in total. The summed E-state index contributed by atoms with van der Waals surface area (Å²) in [5.74, 6) is 0.976. The predicted molar refractivity (Wildman–Crippen MR) is 181 cm³/mol. The number of hydrogen-bond donors (Lipinski definition) is 0. The van der Waals surface area contributed by atoms with E-state index in [1.807, 2.05) is 0 Å². The van der Waals surface area contributed by atoms with Gasteiger partial charge in [0, 0.05) is 17.6 Å². The third-order valence-electron chi connectivity index (χ3n) is 9.17. The van der Waals surface area contributed by atoms with E-state index in [4.69, 9.17) is 4.74 Å². The number of allylic oxidation sites excluding steroid dienone is 2. The smallest absolute Gasteiger partial charge is 0.129 e. The van der Waals surface area contributed by atoms with E-state index in [9.17, 15) is 0 Å². The highest BCUT2D eigenvalue weighted by molar-refractivity contribution is 6.23. The third kappa shape index (κ3) is 3.78. The van der Waals surface area contributed by atoms with Gasteiger partial charge in [-0.25, -0.2) is 0 Å². The van der Waals surface area contributed by atoms with Gasteiger partial charge in [-0.05, 0) is 83.9 Å². The summed E-state index contributed by atoms with van der Waals surface area (Å²) in [6, 6.07) is 52.7. The summed E-state index contributed by atoms with van der Waals surface area (Å²) in [7, 11) is 0. The van der Waals surface area contributed by atoms with Crippen molar-refractivity contribution in [3.05, 3.63) is 168 Å². The Kier molecular flexibility index (Phi) is 5.39. The number of benzene rings is 7. The van der Waals surface area contributed by atoms with Crippen molar-refractivity contribution in [1.82, 2.24) is 0 Å². The van der Waals surface area contributed by atoms with E-state index in [0.29, 0.717) is 0 Å². The molecular weight excluding hydrogens is 520 g/mol. The summed E-state index contributed by atoms with van der Waals surface area (Å²) in [6.45, 7) is 0. The second kappa shape index (κ2) is 9.58. The molecule has 43 heavy (non-hydrogen) atoms. The maximum absolute atomic E-state index is 6.67. The Morgan fingerprint density at radius 3 is 1.84 bits per heavy atom. The van der Waals surface area contributed by atoms with Crippen molar-refractivity contribution in [2.75, 3.05) is 0 Å². The Morgan fingerprint density at radius 2 is 1.09 bits per heavy atom. The zero-order valence-electron chi connectivity index (χ0n) is 23.6. The minimum atomic E-state index is -0.0229. The fraction of sp³-hybridized carbons (Fsp3) is 0.0476. The van der Waals surface area contributed by atoms with Gasteiger partial charge in [-0.3, -0.25) is 0 Å². The van der Waals surface area contributed by atoms with Crippen LogP contribution in [0.3, 0.4) is 0 Å². The van der Waals surface area contributed by atoms with Crippen LogP contribution < -0.4 is 4.74 Å². The highest BCUT2D eigenvalue weighted by atomic mass is 16.5. The van der Waals surface area contributed by atoms with E-state index >= 15 is 0 Å². The van der Waals surface area contributed by atoms with Gasteiger partial charge in [-0.15, -0.1) is 0 Å². The van der Waals surface area contributed by atoms with Crippen molar-refractivity contribution in [2.24, 2.45) is 0 Å². The van der Waals surface area contributed by atoms with Gasteiger partial charge in [0.1, 0.15) is 11.9 Å². The number of hydrogen-bond acceptors (Lipinski definition) is 1. The molecule has 1 atom stereocenters. The lowest BCUT2D eigenvalue weighted by Gasteiger charge is -2.26. The van der Waals surface area contributed by atoms with Crippen LogP contribution in [0.2, 0.25) is 0 Å². The highest BCUT2D eigenvalue weighted by Gasteiger charge is 2.35. The molecule has 1 heteroatoms. The largest absolute Gasteiger partial charge is 0.485 e. The molecule has 1 aliphatic heterocycles. The molecule has 0 N–H and O–H groups in total. The molecule has 1 heterocycles. The summed E-state index contributed by atoms with van der Waals surface area (Å²) in [4.78, 5) is 0. The molecule has 0 fully saturated rings. The van der Waals surface area contributed by atoms with E-state index in [2.05, 4.69) is 152 Å². The van der Waals surface area contributed by atoms with E-state index in [0.717, 1.165) is 12.2 Å². The molecule has 0 spiro atoms. The number of rotatable bonds is 3. The quantitative estimate of drug-likeness (QED) is 0.200. The van der Waals surface area contributed by atoms with E-state index in [1.165, 1.54) is 76.9 Å². The molecule has 0 aromatic heterocycles. The first-order valence-corrected chi connectivity index (χ1v) is 15.0. The lowest BCUT2D eigenvalue weighted by atomic mass is 9.78. The molecule has 0 radical (unpaired) electrons. The van der Waals surface area contributed by atoms with Crippen LogP contribution in [-0.4, -0.2) is 6.10 Å². The number of fused-ring (bicyclic) bond motifs is 6. The van der Waals surface area contributed by atoms with Crippen molar-refractivity contribution >= 4 is 49.0 Å². The van der Waals surface area contributed by atoms with Crippen LogP contribution in [0.5, 0.6) is 5.75 Å². The summed E-state index contributed by atoms with van der Waals surface area (Å²) >= 11 is 0. The molecule has 0 saturated carbocycles. The molecule has 1 aliphatic carbocycles. The standard InChI is InChI=1S/C42H28O/c1-2-12-27(13-3-1)31-25-37(42-36-20-10-11-21-38(36)43-39(42)26-31)41-34-18-8-6-16-32(34)40(33-17-7-9-19-35(33)41)30-23-22-28-14-4-5-15-29(28)24-30/h1-25,39H,26H2. The first-order valence-electron chi connectivity index (χ1n) is 15.0. The Hall–Kier alpha value is -5.40. The van der Waals surface area contributed by atoms with Crippen molar-refractivity contribution in [3.63, 3.8) is 0 Å². The van der Waals surface area contributed by atoms with E-state index in [1.54, 1.807) is 0 Å². The van der Waals surface area contributed by atoms with Gasteiger partial charge in [0.15, 0.2) is 0 Å². The number of ether oxygens (including phenoxy) is 1. The first-order chi connectivity index (χ1) is 21.3. The molecule has 7 aromatic carbocycles. The van der Waals surface area contributed by atoms with Crippen LogP contribution in [0, 0.1) is 0 Å². The summed E-state index contributed by atoms with van der Waals surface area (Å²) in [5.41, 5.74) is 10.1. The van der Waals surface area contributed by atoms with Crippen LogP contribution in [0.25, 0.3) is 60.2 Å². The monoisotopic (exact) mass is 548 g/mol. The van der Waals surface area contributed by atoms with E-state index < -0.39 is 0 Å². The molecule has 9 rings (SSSR count). The van der Waals surface area contributed by atoms with Gasteiger partial charge < -0.3 is 4.74 Å². The van der Waals surface area contributed by atoms with Crippen molar-refractivity contribution in [2.45, 2.75) is 12.5 Å². The lowest BCUT2D eigenvalue weighted by Crippen LogP contribution is -2.17. The Bertz CT molecular complexity index is 2230. The molecular formula is C42H28O. The second-order valence-electron chi connectivity index (χ2n) is 11.6. The molecule has 7 aromatic rings. The zero-order valence-corrected chi connectivity index (χ0v) is 23.6. The van der Waals surface area contributed by atoms with Crippen LogP contribution in [0.15, 0.2) is 152 Å². The average molecular weight is 549 g/mol. The van der Waals surface area contributed by atoms with Gasteiger partial charge in [-0.2, -0.15) is 0 Å². The normalized spacial score (nSPS) is 15.8. The third-order valence-corrected chi connectivity index (χ3v) is 9.17. The summed E-state index contributed by atoms with van der Waals surface area (Å²) in [5, 5.41) is 7.58. The SMILES string of the molecule is C1=C(c2ccccc2)CC2Oc3ccccc3C2=C1c1c2ccccc2c(-c2ccc3ccccc3c2)c2ccccc12.